The van der Waals surface area contributed by atoms with Crippen molar-refractivity contribution < 1.29 is 9.50 Å². The van der Waals surface area contributed by atoms with Gasteiger partial charge in [-0.2, -0.15) is 0 Å². The summed E-state index contributed by atoms with van der Waals surface area (Å²) >= 11 is 3.19. The highest BCUT2D eigenvalue weighted by Crippen LogP contribution is 2.36. The van der Waals surface area contributed by atoms with E-state index in [-0.39, 0.29) is 17.8 Å². The smallest absolute Gasteiger partial charge is 0.139 e. The Kier molecular flexibility index (Phi) is 4.85. The number of nitrogens with one attached hydrogen (secondary N) is 1. The van der Waals surface area contributed by atoms with Crippen LogP contribution in [0.4, 0.5) is 10.1 Å². The molecule has 0 unspecified atom stereocenters. The molecular weight excluding hydrogens is 309 g/mol. The van der Waals surface area contributed by atoms with Gasteiger partial charge in [-0.1, -0.05) is 19.3 Å². The van der Waals surface area contributed by atoms with Gasteiger partial charge >= 0.3 is 0 Å². The first kappa shape index (κ1) is 14.8. The summed E-state index contributed by atoms with van der Waals surface area (Å²) in [5.41, 5.74) is 1.80. The molecule has 1 aromatic rings. The number of aliphatic hydroxyl groups is 1. The summed E-state index contributed by atoms with van der Waals surface area (Å²) in [6, 6.07) is 3.30. The van der Waals surface area contributed by atoms with E-state index >= 15 is 0 Å². The zero-order valence-corrected chi connectivity index (χ0v) is 12.9. The molecule has 0 spiro atoms. The lowest BCUT2D eigenvalue weighted by Crippen LogP contribution is -2.35. The van der Waals surface area contributed by atoms with Crippen LogP contribution in [0.5, 0.6) is 0 Å². The summed E-state index contributed by atoms with van der Waals surface area (Å²) in [7, 11) is 0. The minimum atomic E-state index is -0.255. The standard InChI is InChI=1S/C15H21BrFNO/c1-11-7-12(16)13(17)8-14(11)18-9-15(10-19)5-3-2-4-6-15/h7-8,18-19H,2-6,9-10H2,1H3. The maximum Gasteiger partial charge on any atom is 0.139 e. The van der Waals surface area contributed by atoms with Crippen LogP contribution in [-0.4, -0.2) is 18.3 Å². The van der Waals surface area contributed by atoms with Crippen molar-refractivity contribution in [1.82, 2.24) is 0 Å². The van der Waals surface area contributed by atoms with Gasteiger partial charge in [-0.3, -0.25) is 0 Å². The predicted octanol–water partition coefficient (Wildman–Crippen LogP) is 4.25. The fourth-order valence-electron chi connectivity index (χ4n) is 2.81. The van der Waals surface area contributed by atoms with Gasteiger partial charge in [-0.05, 0) is 53.4 Å². The lowest BCUT2D eigenvalue weighted by Gasteiger charge is -2.36. The first-order chi connectivity index (χ1) is 9.06. The molecular formula is C15H21BrFNO. The molecule has 0 bridgehead atoms. The van der Waals surface area contributed by atoms with Gasteiger partial charge in [0.15, 0.2) is 0 Å². The van der Waals surface area contributed by atoms with Crippen molar-refractivity contribution in [1.29, 1.82) is 0 Å². The minimum absolute atomic E-state index is 0.0335. The number of aryl methyl sites for hydroxylation is 1. The molecule has 1 aromatic carbocycles. The lowest BCUT2D eigenvalue weighted by molar-refractivity contribution is 0.0944. The van der Waals surface area contributed by atoms with Gasteiger partial charge in [0.1, 0.15) is 5.82 Å². The Labute approximate surface area is 122 Å². The van der Waals surface area contributed by atoms with E-state index in [2.05, 4.69) is 21.2 Å². The van der Waals surface area contributed by atoms with Gasteiger partial charge in [0.2, 0.25) is 0 Å². The summed E-state index contributed by atoms with van der Waals surface area (Å²) < 4.78 is 14.1. The monoisotopic (exact) mass is 329 g/mol. The molecule has 2 nitrogen and oxygen atoms in total. The number of rotatable bonds is 4. The van der Waals surface area contributed by atoms with Crippen molar-refractivity contribution in [2.24, 2.45) is 5.41 Å². The molecule has 0 heterocycles. The van der Waals surface area contributed by atoms with E-state index in [4.69, 9.17) is 0 Å². The Hall–Kier alpha value is -0.610. The Morgan fingerprint density at radius 2 is 2.00 bits per heavy atom. The Bertz CT molecular complexity index is 444. The number of hydrogen-bond donors (Lipinski definition) is 2. The second kappa shape index (κ2) is 6.23. The molecule has 0 atom stereocenters. The highest BCUT2D eigenvalue weighted by molar-refractivity contribution is 9.10. The van der Waals surface area contributed by atoms with Gasteiger partial charge in [-0.15, -0.1) is 0 Å². The van der Waals surface area contributed by atoms with E-state index in [1.165, 1.54) is 25.3 Å². The SMILES string of the molecule is Cc1cc(Br)c(F)cc1NCC1(CO)CCCCC1. The van der Waals surface area contributed by atoms with Gasteiger partial charge in [0, 0.05) is 17.6 Å². The van der Waals surface area contributed by atoms with Gasteiger partial charge in [-0.25, -0.2) is 4.39 Å². The minimum Gasteiger partial charge on any atom is -0.396 e. The third-order valence-corrected chi connectivity index (χ3v) is 4.78. The Morgan fingerprint density at radius 1 is 1.32 bits per heavy atom. The predicted molar refractivity (Wildman–Crippen MR) is 79.9 cm³/mol. The second-order valence-electron chi connectivity index (χ2n) is 5.65. The number of aliphatic hydroxyl groups excluding tert-OH is 1. The van der Waals surface area contributed by atoms with E-state index in [1.807, 2.05) is 6.92 Å². The topological polar surface area (TPSA) is 32.3 Å². The van der Waals surface area contributed by atoms with E-state index in [0.29, 0.717) is 11.0 Å². The van der Waals surface area contributed by atoms with Crippen LogP contribution >= 0.6 is 15.9 Å². The van der Waals surface area contributed by atoms with Crippen LogP contribution in [0.15, 0.2) is 16.6 Å². The fraction of sp³-hybridized carbons (Fsp3) is 0.600. The molecule has 0 saturated heterocycles. The van der Waals surface area contributed by atoms with Crippen LogP contribution in [0, 0.1) is 18.2 Å². The maximum absolute atomic E-state index is 13.6. The molecule has 2 rings (SSSR count). The third-order valence-electron chi connectivity index (χ3n) is 4.17. The van der Waals surface area contributed by atoms with Gasteiger partial charge in [0.05, 0.1) is 11.1 Å². The van der Waals surface area contributed by atoms with Gasteiger partial charge in [0.25, 0.3) is 0 Å². The normalized spacial score (nSPS) is 18.3. The highest BCUT2D eigenvalue weighted by atomic mass is 79.9. The van der Waals surface area contributed by atoms with E-state index in [1.54, 1.807) is 6.07 Å². The van der Waals surface area contributed by atoms with Crippen molar-refractivity contribution in [2.75, 3.05) is 18.5 Å². The summed E-state index contributed by atoms with van der Waals surface area (Å²) in [5, 5.41) is 13.0. The second-order valence-corrected chi connectivity index (χ2v) is 6.51. The molecule has 0 aliphatic heterocycles. The van der Waals surface area contributed by atoms with Crippen LogP contribution in [0.2, 0.25) is 0 Å². The van der Waals surface area contributed by atoms with Crippen molar-refractivity contribution in [2.45, 2.75) is 39.0 Å². The van der Waals surface area contributed by atoms with Crippen LogP contribution in [0.3, 0.4) is 0 Å². The Balaban J connectivity index is 2.07. The number of anilines is 1. The summed E-state index contributed by atoms with van der Waals surface area (Å²) in [5.74, 6) is -0.255. The zero-order valence-electron chi connectivity index (χ0n) is 11.3. The summed E-state index contributed by atoms with van der Waals surface area (Å²) in [6.07, 6.45) is 5.71. The molecule has 106 valence electrons. The van der Waals surface area contributed by atoms with Crippen molar-refractivity contribution in [3.63, 3.8) is 0 Å². The zero-order chi connectivity index (χ0) is 13.9. The average molecular weight is 330 g/mol. The molecule has 19 heavy (non-hydrogen) atoms. The van der Waals surface area contributed by atoms with Crippen molar-refractivity contribution in [3.05, 3.63) is 28.0 Å². The first-order valence-electron chi connectivity index (χ1n) is 6.87. The maximum atomic E-state index is 13.6. The highest BCUT2D eigenvalue weighted by Gasteiger charge is 2.31. The quantitative estimate of drug-likeness (QED) is 0.865. The van der Waals surface area contributed by atoms with E-state index < -0.39 is 0 Å². The molecule has 4 heteroatoms. The van der Waals surface area contributed by atoms with Crippen LogP contribution in [0.25, 0.3) is 0 Å². The summed E-state index contributed by atoms with van der Waals surface area (Å²) in [4.78, 5) is 0. The van der Waals surface area contributed by atoms with Crippen LogP contribution < -0.4 is 5.32 Å². The van der Waals surface area contributed by atoms with E-state index in [0.717, 1.165) is 24.1 Å². The molecule has 0 radical (unpaired) electrons. The largest absolute Gasteiger partial charge is 0.396 e. The lowest BCUT2D eigenvalue weighted by atomic mass is 9.74. The number of halogens is 2. The van der Waals surface area contributed by atoms with E-state index in [9.17, 15) is 9.50 Å². The summed E-state index contributed by atoms with van der Waals surface area (Å²) in [6.45, 7) is 2.88. The van der Waals surface area contributed by atoms with Crippen LogP contribution in [0.1, 0.15) is 37.7 Å². The van der Waals surface area contributed by atoms with Crippen molar-refractivity contribution >= 4 is 21.6 Å². The molecule has 1 aliphatic rings. The molecule has 0 aromatic heterocycles. The molecule has 1 aliphatic carbocycles. The van der Waals surface area contributed by atoms with Crippen LogP contribution in [-0.2, 0) is 0 Å². The number of benzene rings is 1. The molecule has 1 saturated carbocycles. The first-order valence-corrected chi connectivity index (χ1v) is 7.66. The average Bonchev–Trinajstić information content (AvgIpc) is 2.42. The molecule has 0 amide bonds. The third kappa shape index (κ3) is 3.48. The molecule has 2 N–H and O–H groups in total. The Morgan fingerprint density at radius 3 is 2.63 bits per heavy atom. The van der Waals surface area contributed by atoms with Gasteiger partial charge < -0.3 is 10.4 Å². The number of hydrogen-bond acceptors (Lipinski definition) is 2. The fourth-order valence-corrected chi connectivity index (χ4v) is 3.27. The van der Waals surface area contributed by atoms with Crippen molar-refractivity contribution in [3.8, 4) is 0 Å². The molecule has 1 fully saturated rings.